The number of carbonyl (C=O) groups excluding carboxylic acids is 1. The Morgan fingerprint density at radius 1 is 1.18 bits per heavy atom. The van der Waals surface area contributed by atoms with Crippen LogP contribution in [0.2, 0.25) is 0 Å². The van der Waals surface area contributed by atoms with Crippen molar-refractivity contribution in [2.75, 3.05) is 33.3 Å². The van der Waals surface area contributed by atoms with Crippen LogP contribution in [-0.4, -0.2) is 61.1 Å². The van der Waals surface area contributed by atoms with Gasteiger partial charge in [0.1, 0.15) is 0 Å². The molecule has 0 aromatic heterocycles. The van der Waals surface area contributed by atoms with Gasteiger partial charge in [0.15, 0.2) is 11.6 Å². The zero-order valence-electron chi connectivity index (χ0n) is 16.8. The highest BCUT2D eigenvalue weighted by Gasteiger charge is 2.33. The molecule has 28 heavy (non-hydrogen) atoms. The predicted molar refractivity (Wildman–Crippen MR) is 107 cm³/mol. The number of benzene rings is 1. The van der Waals surface area contributed by atoms with Gasteiger partial charge in [0, 0.05) is 30.7 Å². The number of nitrogens with zero attached hydrogens (tertiary/aromatic N) is 2. The van der Waals surface area contributed by atoms with Gasteiger partial charge in [-0.1, -0.05) is 12.1 Å². The minimum absolute atomic E-state index is 0.151. The van der Waals surface area contributed by atoms with Crippen molar-refractivity contribution >= 4 is 5.91 Å². The number of amides is 1. The van der Waals surface area contributed by atoms with Crippen LogP contribution in [0.25, 0.3) is 0 Å². The van der Waals surface area contributed by atoms with Gasteiger partial charge >= 0.3 is 0 Å². The molecule has 2 aliphatic heterocycles. The summed E-state index contributed by atoms with van der Waals surface area (Å²) in [5, 5.41) is 3.18. The summed E-state index contributed by atoms with van der Waals surface area (Å²) in [6, 6.07) is 6.35. The Balaban J connectivity index is 1.27. The van der Waals surface area contributed by atoms with Gasteiger partial charge in [0.25, 0.3) is 0 Å². The lowest BCUT2D eigenvalue weighted by Gasteiger charge is -2.42. The van der Waals surface area contributed by atoms with Crippen LogP contribution in [-0.2, 0) is 11.3 Å². The molecule has 1 aliphatic carbocycles. The van der Waals surface area contributed by atoms with Gasteiger partial charge in [0.05, 0.1) is 13.0 Å². The quantitative estimate of drug-likeness (QED) is 0.813. The zero-order chi connectivity index (χ0) is 19.5. The topological polar surface area (TPSA) is 44.8 Å². The van der Waals surface area contributed by atoms with Crippen molar-refractivity contribution in [2.45, 2.75) is 57.2 Å². The fourth-order valence-electron chi connectivity index (χ4n) is 4.62. The van der Waals surface area contributed by atoms with E-state index in [9.17, 15) is 9.18 Å². The fraction of sp³-hybridized carbons (Fsp3) is 0.682. The highest BCUT2D eigenvalue weighted by atomic mass is 19.1. The van der Waals surface area contributed by atoms with E-state index in [1.807, 2.05) is 12.1 Å². The van der Waals surface area contributed by atoms with Crippen LogP contribution in [0.3, 0.4) is 0 Å². The summed E-state index contributed by atoms with van der Waals surface area (Å²) >= 11 is 0. The molecule has 1 amide bonds. The Bertz CT molecular complexity index is 686. The van der Waals surface area contributed by atoms with Crippen molar-refractivity contribution in [3.05, 3.63) is 29.6 Å². The number of hydrogen-bond acceptors (Lipinski definition) is 4. The molecule has 0 spiro atoms. The zero-order valence-corrected chi connectivity index (χ0v) is 16.8. The number of nitrogens with one attached hydrogen (secondary N) is 1. The minimum atomic E-state index is -0.243. The maximum atomic E-state index is 14.4. The molecule has 1 atom stereocenters. The molecule has 0 bridgehead atoms. The second-order valence-corrected chi connectivity index (χ2v) is 8.56. The molecule has 3 aliphatic rings. The van der Waals surface area contributed by atoms with Crippen LogP contribution in [0.4, 0.5) is 4.39 Å². The van der Waals surface area contributed by atoms with Crippen LogP contribution >= 0.6 is 0 Å². The highest BCUT2D eigenvalue weighted by molar-refractivity contribution is 5.79. The second-order valence-electron chi connectivity index (χ2n) is 8.56. The Morgan fingerprint density at radius 2 is 1.96 bits per heavy atom. The highest BCUT2D eigenvalue weighted by Crippen LogP contribution is 2.27. The van der Waals surface area contributed by atoms with E-state index in [2.05, 4.69) is 15.1 Å². The van der Waals surface area contributed by atoms with Crippen molar-refractivity contribution in [3.8, 4) is 5.75 Å². The molecule has 1 aromatic carbocycles. The second kappa shape index (κ2) is 8.78. The van der Waals surface area contributed by atoms with E-state index < -0.39 is 0 Å². The van der Waals surface area contributed by atoms with E-state index >= 15 is 0 Å². The Kier molecular flexibility index (Phi) is 6.16. The molecule has 154 valence electrons. The summed E-state index contributed by atoms with van der Waals surface area (Å²) in [5.74, 6) is 0.486. The molecule has 0 unspecified atom stereocenters. The molecule has 2 saturated heterocycles. The minimum Gasteiger partial charge on any atom is -0.494 e. The summed E-state index contributed by atoms with van der Waals surface area (Å²) in [4.78, 5) is 17.3. The van der Waals surface area contributed by atoms with E-state index in [4.69, 9.17) is 4.74 Å². The maximum absolute atomic E-state index is 14.4. The number of carbonyl (C=O) groups is 1. The monoisotopic (exact) mass is 389 g/mol. The molecular weight excluding hydrogens is 357 g/mol. The van der Waals surface area contributed by atoms with Gasteiger partial charge in [-0.05, 0) is 64.2 Å². The number of likely N-dealkylation sites (tertiary alicyclic amines) is 2. The predicted octanol–water partition coefficient (Wildman–Crippen LogP) is 2.79. The standard InChI is InChI=1S/C22H32FN3O2/c1-28-20-6-2-4-16(21(20)23)14-25-12-9-19(10-13-25)26-11-3-5-17(15-26)22(27)24-18-7-8-18/h2,4,6,17-19H,3,5,7-15H2,1H3,(H,24,27)/t17-/m0/s1. The SMILES string of the molecule is COc1cccc(CN2CCC(N3CCC[C@H](C(=O)NC4CC4)C3)CC2)c1F. The van der Waals surface area contributed by atoms with Gasteiger partial charge in [-0.3, -0.25) is 14.6 Å². The molecule has 2 heterocycles. The first-order valence-electron chi connectivity index (χ1n) is 10.7. The first-order valence-corrected chi connectivity index (χ1v) is 10.7. The number of hydrogen-bond donors (Lipinski definition) is 1. The van der Waals surface area contributed by atoms with E-state index in [0.717, 1.165) is 64.7 Å². The smallest absolute Gasteiger partial charge is 0.224 e. The van der Waals surface area contributed by atoms with Gasteiger partial charge < -0.3 is 10.1 Å². The van der Waals surface area contributed by atoms with Gasteiger partial charge in [-0.15, -0.1) is 0 Å². The molecule has 1 saturated carbocycles. The maximum Gasteiger partial charge on any atom is 0.224 e. The molecule has 3 fully saturated rings. The molecule has 4 rings (SSSR count). The van der Waals surface area contributed by atoms with E-state index in [-0.39, 0.29) is 17.6 Å². The van der Waals surface area contributed by atoms with Gasteiger partial charge in [-0.2, -0.15) is 0 Å². The largest absolute Gasteiger partial charge is 0.494 e. The summed E-state index contributed by atoms with van der Waals surface area (Å²) in [5.41, 5.74) is 0.701. The van der Waals surface area contributed by atoms with Crippen molar-refractivity contribution in [1.82, 2.24) is 15.1 Å². The van der Waals surface area contributed by atoms with Crippen molar-refractivity contribution in [2.24, 2.45) is 5.92 Å². The Labute approximate surface area is 167 Å². The molecule has 1 N–H and O–H groups in total. The van der Waals surface area contributed by atoms with Crippen LogP contribution in [0.1, 0.15) is 44.1 Å². The van der Waals surface area contributed by atoms with Crippen LogP contribution in [0.15, 0.2) is 18.2 Å². The number of ether oxygens (including phenoxy) is 1. The third kappa shape index (κ3) is 4.66. The van der Waals surface area contributed by atoms with Crippen molar-refractivity contribution < 1.29 is 13.9 Å². The summed E-state index contributed by atoms with van der Waals surface area (Å²) < 4.78 is 19.5. The van der Waals surface area contributed by atoms with Crippen LogP contribution < -0.4 is 10.1 Å². The summed E-state index contributed by atoms with van der Waals surface area (Å²) in [7, 11) is 1.50. The lowest BCUT2D eigenvalue weighted by Crippen LogP contribution is -2.50. The van der Waals surface area contributed by atoms with Crippen LogP contribution in [0, 0.1) is 11.7 Å². The number of piperidine rings is 2. The third-order valence-electron chi connectivity index (χ3n) is 6.48. The molecule has 5 nitrogen and oxygen atoms in total. The summed E-state index contributed by atoms with van der Waals surface area (Å²) in [6.45, 7) is 4.56. The first-order chi connectivity index (χ1) is 13.6. The third-order valence-corrected chi connectivity index (χ3v) is 6.48. The Morgan fingerprint density at radius 3 is 2.68 bits per heavy atom. The van der Waals surface area contributed by atoms with Crippen LogP contribution in [0.5, 0.6) is 5.75 Å². The van der Waals surface area contributed by atoms with E-state index in [1.54, 1.807) is 6.07 Å². The Hall–Kier alpha value is -1.66. The number of methoxy groups -OCH3 is 1. The molecular formula is C22H32FN3O2. The van der Waals surface area contributed by atoms with Gasteiger partial charge in [-0.25, -0.2) is 4.39 Å². The van der Waals surface area contributed by atoms with Crippen molar-refractivity contribution in [1.29, 1.82) is 0 Å². The average molecular weight is 390 g/mol. The lowest BCUT2D eigenvalue weighted by molar-refractivity contribution is -0.127. The fourth-order valence-corrected chi connectivity index (χ4v) is 4.62. The van der Waals surface area contributed by atoms with E-state index in [0.29, 0.717) is 29.9 Å². The molecule has 1 aromatic rings. The average Bonchev–Trinajstić information content (AvgIpc) is 3.54. The van der Waals surface area contributed by atoms with Gasteiger partial charge in [0.2, 0.25) is 5.91 Å². The normalized spacial score (nSPS) is 24.9. The number of rotatable bonds is 6. The molecule has 6 heteroatoms. The molecule has 0 radical (unpaired) electrons. The van der Waals surface area contributed by atoms with Crippen molar-refractivity contribution in [3.63, 3.8) is 0 Å². The lowest BCUT2D eigenvalue weighted by atomic mass is 9.93. The van der Waals surface area contributed by atoms with E-state index in [1.165, 1.54) is 7.11 Å². The number of halogens is 1. The summed E-state index contributed by atoms with van der Waals surface area (Å²) in [6.07, 6.45) is 6.59. The first kappa shape index (κ1) is 19.6.